The normalized spacial score (nSPS) is 9.92. The Hall–Kier alpha value is -0.200. The van der Waals surface area contributed by atoms with Crippen LogP contribution in [0.25, 0.3) is 0 Å². The number of nitro groups is 1. The lowest BCUT2D eigenvalue weighted by molar-refractivity contribution is -0.385. The first-order chi connectivity index (χ1) is 5.52. The monoisotopic (exact) mass is 314 g/mol. The van der Waals surface area contributed by atoms with Crippen LogP contribution in [-0.2, 0) is 0 Å². The van der Waals surface area contributed by atoms with Gasteiger partial charge in [-0.1, -0.05) is 11.6 Å². The highest BCUT2D eigenvalue weighted by atomic mass is 79.9. The summed E-state index contributed by atoms with van der Waals surface area (Å²) < 4.78 is 0.567. The Morgan fingerprint density at radius 3 is 2.58 bits per heavy atom. The van der Waals surface area contributed by atoms with Gasteiger partial charge in [-0.05, 0) is 37.9 Å². The van der Waals surface area contributed by atoms with Crippen LogP contribution in [0.2, 0.25) is 5.02 Å². The van der Waals surface area contributed by atoms with Crippen molar-refractivity contribution >= 4 is 49.1 Å². The largest absolute Gasteiger partial charge is 0.320 e. The molecule has 0 fully saturated rings. The molecule has 0 saturated heterocycles. The molecule has 0 atom stereocenters. The first-order valence-electron chi connectivity index (χ1n) is 2.68. The Morgan fingerprint density at radius 1 is 1.58 bits per heavy atom. The summed E-state index contributed by atoms with van der Waals surface area (Å²) in [7, 11) is 0. The van der Waals surface area contributed by atoms with Crippen molar-refractivity contribution in [2.45, 2.75) is 0 Å². The Kier molecular flexibility index (Phi) is 3.03. The lowest BCUT2D eigenvalue weighted by Gasteiger charge is -1.97. The van der Waals surface area contributed by atoms with Gasteiger partial charge in [-0.25, -0.2) is 4.98 Å². The molecule has 0 aromatic carbocycles. The van der Waals surface area contributed by atoms with E-state index in [-0.39, 0.29) is 15.3 Å². The van der Waals surface area contributed by atoms with Gasteiger partial charge in [0.15, 0.2) is 4.60 Å². The third-order valence-corrected chi connectivity index (χ3v) is 2.30. The van der Waals surface area contributed by atoms with Gasteiger partial charge in [-0.3, -0.25) is 10.1 Å². The molecule has 0 radical (unpaired) electrons. The van der Waals surface area contributed by atoms with Crippen LogP contribution in [0.1, 0.15) is 0 Å². The van der Waals surface area contributed by atoms with E-state index in [9.17, 15) is 10.1 Å². The maximum atomic E-state index is 10.4. The fourth-order valence-corrected chi connectivity index (χ4v) is 2.31. The maximum Gasteiger partial charge on any atom is 0.320 e. The molecule has 1 aromatic rings. The van der Waals surface area contributed by atoms with Crippen LogP contribution in [0.3, 0.4) is 0 Å². The molecule has 0 spiro atoms. The van der Waals surface area contributed by atoms with E-state index in [1.165, 1.54) is 6.07 Å². The average Bonchev–Trinajstić information content (AvgIpc) is 1.82. The van der Waals surface area contributed by atoms with Gasteiger partial charge in [0.05, 0.1) is 4.92 Å². The van der Waals surface area contributed by atoms with Gasteiger partial charge >= 0.3 is 5.69 Å². The van der Waals surface area contributed by atoms with Crippen molar-refractivity contribution < 1.29 is 4.92 Å². The molecular weight excluding hydrogens is 315 g/mol. The summed E-state index contributed by atoms with van der Waals surface area (Å²) >= 11 is 11.6. The van der Waals surface area contributed by atoms with Crippen LogP contribution in [0.15, 0.2) is 15.3 Å². The fraction of sp³-hybridized carbons (Fsp3) is 0. The third-order valence-electron chi connectivity index (χ3n) is 1.05. The Morgan fingerprint density at radius 2 is 2.17 bits per heavy atom. The smallest absolute Gasteiger partial charge is 0.258 e. The predicted octanol–water partition coefficient (Wildman–Crippen LogP) is 3.17. The molecule has 0 N–H and O–H groups in total. The summed E-state index contributed by atoms with van der Waals surface area (Å²) in [5.74, 6) is 0. The summed E-state index contributed by atoms with van der Waals surface area (Å²) in [4.78, 5) is 13.6. The molecule has 64 valence electrons. The summed E-state index contributed by atoms with van der Waals surface area (Å²) in [6.45, 7) is 0. The van der Waals surface area contributed by atoms with Gasteiger partial charge in [0.1, 0.15) is 9.63 Å². The van der Waals surface area contributed by atoms with Gasteiger partial charge in [0.25, 0.3) is 0 Å². The highest BCUT2D eigenvalue weighted by molar-refractivity contribution is 9.11. The highest BCUT2D eigenvalue weighted by Crippen LogP contribution is 2.32. The topological polar surface area (TPSA) is 56.0 Å². The molecule has 0 aliphatic carbocycles. The minimum atomic E-state index is -0.591. The number of hydrogen-bond donors (Lipinski definition) is 0. The number of aromatic nitrogens is 1. The third kappa shape index (κ3) is 1.94. The van der Waals surface area contributed by atoms with Crippen LogP contribution in [-0.4, -0.2) is 9.91 Å². The van der Waals surface area contributed by atoms with Gasteiger partial charge < -0.3 is 0 Å². The Balaban J connectivity index is 3.38. The van der Waals surface area contributed by atoms with Crippen molar-refractivity contribution in [2.24, 2.45) is 0 Å². The zero-order chi connectivity index (χ0) is 9.30. The molecule has 12 heavy (non-hydrogen) atoms. The molecule has 1 heterocycles. The molecule has 0 unspecified atom stereocenters. The molecule has 0 aliphatic heterocycles. The average molecular weight is 316 g/mol. The van der Waals surface area contributed by atoms with E-state index in [1.807, 2.05) is 0 Å². The van der Waals surface area contributed by atoms with E-state index in [0.29, 0.717) is 4.60 Å². The Bertz CT molecular complexity index is 321. The van der Waals surface area contributed by atoms with Crippen LogP contribution < -0.4 is 0 Å². The molecule has 7 heteroatoms. The first-order valence-corrected chi connectivity index (χ1v) is 4.64. The lowest BCUT2D eigenvalue weighted by atomic mass is 10.4. The molecule has 0 aliphatic rings. The lowest BCUT2D eigenvalue weighted by Crippen LogP contribution is -1.93. The van der Waals surface area contributed by atoms with Crippen molar-refractivity contribution in [3.05, 3.63) is 30.4 Å². The van der Waals surface area contributed by atoms with Crippen molar-refractivity contribution in [2.75, 3.05) is 0 Å². The molecule has 0 amide bonds. The van der Waals surface area contributed by atoms with Crippen LogP contribution in [0.4, 0.5) is 5.69 Å². The second kappa shape index (κ2) is 3.68. The second-order valence-electron chi connectivity index (χ2n) is 1.82. The second-order valence-corrected chi connectivity index (χ2v) is 3.79. The van der Waals surface area contributed by atoms with E-state index in [4.69, 9.17) is 11.6 Å². The zero-order valence-electron chi connectivity index (χ0n) is 5.42. The number of nitrogens with zero attached hydrogens (tertiary/aromatic N) is 2. The molecular formula is C5HBr2ClN2O2. The first kappa shape index (κ1) is 9.88. The molecule has 1 aromatic heterocycles. The summed E-state index contributed by atoms with van der Waals surface area (Å²) in [5, 5.41) is 10.4. The highest BCUT2D eigenvalue weighted by Gasteiger charge is 2.19. The molecule has 4 nitrogen and oxygen atoms in total. The van der Waals surface area contributed by atoms with Crippen LogP contribution in [0, 0.1) is 10.1 Å². The van der Waals surface area contributed by atoms with Crippen molar-refractivity contribution in [1.29, 1.82) is 0 Å². The fourth-order valence-electron chi connectivity index (χ4n) is 0.613. The van der Waals surface area contributed by atoms with Crippen molar-refractivity contribution in [1.82, 2.24) is 4.98 Å². The predicted molar refractivity (Wildman–Crippen MR) is 51.3 cm³/mol. The van der Waals surface area contributed by atoms with E-state index >= 15 is 0 Å². The standard InChI is InChI=1S/C5HBr2ClN2O2/c6-3-1-2(8)4(10(11)12)5(7)9-3/h1H. The molecule has 0 bridgehead atoms. The molecule has 1 rings (SSSR count). The minimum Gasteiger partial charge on any atom is -0.258 e. The Labute approximate surface area is 89.3 Å². The zero-order valence-corrected chi connectivity index (χ0v) is 9.35. The van der Waals surface area contributed by atoms with Gasteiger partial charge in [-0.15, -0.1) is 0 Å². The summed E-state index contributed by atoms with van der Waals surface area (Å²) in [5.41, 5.74) is -0.222. The molecule has 0 saturated carbocycles. The van der Waals surface area contributed by atoms with Crippen molar-refractivity contribution in [3.8, 4) is 0 Å². The number of rotatable bonds is 1. The van der Waals surface area contributed by atoms with E-state index in [1.54, 1.807) is 0 Å². The van der Waals surface area contributed by atoms with E-state index in [0.717, 1.165) is 0 Å². The minimum absolute atomic E-state index is 0.0498. The van der Waals surface area contributed by atoms with Gasteiger partial charge in [0.2, 0.25) is 0 Å². The summed E-state index contributed by atoms with van der Waals surface area (Å²) in [6.07, 6.45) is 0. The van der Waals surface area contributed by atoms with E-state index < -0.39 is 4.92 Å². The van der Waals surface area contributed by atoms with Crippen LogP contribution >= 0.6 is 43.5 Å². The maximum absolute atomic E-state index is 10.4. The number of hydrogen-bond acceptors (Lipinski definition) is 3. The van der Waals surface area contributed by atoms with Gasteiger partial charge in [0, 0.05) is 0 Å². The quantitative estimate of drug-likeness (QED) is 0.454. The van der Waals surface area contributed by atoms with Crippen LogP contribution in [0.5, 0.6) is 0 Å². The SMILES string of the molecule is O=[N+]([O-])c1c(Cl)cc(Br)nc1Br. The number of pyridine rings is 1. The van der Waals surface area contributed by atoms with E-state index in [2.05, 4.69) is 36.8 Å². The van der Waals surface area contributed by atoms with Crippen molar-refractivity contribution in [3.63, 3.8) is 0 Å². The van der Waals surface area contributed by atoms with Gasteiger partial charge in [-0.2, -0.15) is 0 Å². The number of halogens is 3. The summed E-state index contributed by atoms with van der Waals surface area (Å²) in [6, 6.07) is 1.37.